The molecule has 4 aromatic rings. The monoisotopic (exact) mass is 509 g/mol. The maximum atomic E-state index is 13.3. The highest BCUT2D eigenvalue weighted by Gasteiger charge is 2.33. The molecule has 0 saturated carbocycles. The van der Waals surface area contributed by atoms with E-state index in [-0.39, 0.29) is 5.92 Å². The number of pyridine rings is 1. The van der Waals surface area contributed by atoms with Crippen molar-refractivity contribution in [1.29, 1.82) is 0 Å². The molecule has 1 aliphatic carbocycles. The quantitative estimate of drug-likeness (QED) is 0.439. The molecule has 0 unspecified atom stereocenters. The molecular weight excluding hydrogens is 482 g/mol. The Hall–Kier alpha value is -2.75. The normalized spacial score (nSPS) is 19.0. The number of aryl methyl sites for hydroxylation is 1. The third-order valence-corrected chi connectivity index (χ3v) is 9.03. The number of fused-ring (bicyclic) bond motifs is 4. The highest BCUT2D eigenvalue weighted by Crippen LogP contribution is 2.41. The molecule has 1 fully saturated rings. The van der Waals surface area contributed by atoms with E-state index in [9.17, 15) is 4.79 Å². The Morgan fingerprint density at radius 3 is 2.83 bits per heavy atom. The van der Waals surface area contributed by atoms with Crippen LogP contribution in [0, 0.1) is 5.92 Å². The minimum absolute atomic E-state index is 0.0505. The second-order valence-electron chi connectivity index (χ2n) is 9.70. The number of amides is 1. The van der Waals surface area contributed by atoms with Gasteiger partial charge in [0.05, 0.1) is 27.8 Å². The summed E-state index contributed by atoms with van der Waals surface area (Å²) in [5.41, 5.74) is 2.89. The molecule has 1 aliphatic heterocycles. The van der Waals surface area contributed by atoms with E-state index in [0.717, 1.165) is 72.4 Å². The summed E-state index contributed by atoms with van der Waals surface area (Å²) in [7, 11) is 4.25. The molecule has 0 aromatic carbocycles. The number of hydrogen-bond acceptors (Lipinski definition) is 7. The lowest BCUT2D eigenvalue weighted by molar-refractivity contribution is -0.137. The Morgan fingerprint density at radius 2 is 2.03 bits per heavy atom. The zero-order valence-electron chi connectivity index (χ0n) is 19.9. The van der Waals surface area contributed by atoms with Crippen molar-refractivity contribution in [3.8, 4) is 0 Å². The third-order valence-electron chi connectivity index (χ3n) is 7.47. The van der Waals surface area contributed by atoms with E-state index in [1.165, 1.54) is 10.4 Å². The summed E-state index contributed by atoms with van der Waals surface area (Å²) in [5.74, 6) is 1.12. The Kier molecular flexibility index (Phi) is 5.86. The first-order valence-corrected chi connectivity index (χ1v) is 13.3. The number of hydrogen-bond donors (Lipinski definition) is 1. The van der Waals surface area contributed by atoms with Crippen molar-refractivity contribution in [1.82, 2.24) is 29.4 Å². The van der Waals surface area contributed by atoms with E-state index in [1.54, 1.807) is 28.4 Å². The molecule has 1 atom stereocenters. The predicted molar refractivity (Wildman–Crippen MR) is 140 cm³/mol. The lowest BCUT2D eigenvalue weighted by Crippen LogP contribution is -2.47. The van der Waals surface area contributed by atoms with E-state index < -0.39 is 0 Å². The van der Waals surface area contributed by atoms with Gasteiger partial charge < -0.3 is 15.1 Å². The zero-order valence-corrected chi connectivity index (χ0v) is 21.4. The van der Waals surface area contributed by atoms with Crippen LogP contribution in [-0.2, 0) is 17.6 Å². The molecule has 5 heterocycles. The minimum Gasteiger partial charge on any atom is -0.342 e. The van der Waals surface area contributed by atoms with Crippen molar-refractivity contribution in [2.24, 2.45) is 5.92 Å². The Bertz CT molecular complexity index is 1410. The van der Waals surface area contributed by atoms with E-state index >= 15 is 0 Å². The topological polar surface area (TPSA) is 78.7 Å². The van der Waals surface area contributed by atoms with Gasteiger partial charge in [-0.25, -0.2) is 14.5 Å². The molecule has 0 bridgehead atoms. The number of likely N-dealkylation sites (tertiary alicyclic amines) is 1. The zero-order chi connectivity index (χ0) is 24.1. The molecule has 1 N–H and O–H groups in total. The van der Waals surface area contributed by atoms with Gasteiger partial charge in [0.2, 0.25) is 5.91 Å². The summed E-state index contributed by atoms with van der Waals surface area (Å²) in [4.78, 5) is 29.0. The molecule has 2 aliphatic rings. The number of carbonyl (C=O) groups excluding carboxylic acids is 1. The van der Waals surface area contributed by atoms with Gasteiger partial charge in [0.15, 0.2) is 0 Å². The van der Waals surface area contributed by atoms with E-state index in [0.29, 0.717) is 17.0 Å². The molecule has 35 heavy (non-hydrogen) atoms. The number of rotatable bonds is 4. The lowest BCUT2D eigenvalue weighted by atomic mass is 9.86. The van der Waals surface area contributed by atoms with Crippen molar-refractivity contribution < 1.29 is 4.79 Å². The molecule has 8 nitrogen and oxygen atoms in total. The number of anilines is 2. The van der Waals surface area contributed by atoms with Crippen LogP contribution in [0.25, 0.3) is 15.7 Å². The van der Waals surface area contributed by atoms with Crippen LogP contribution in [0.15, 0.2) is 30.9 Å². The fraction of sp³-hybridized carbons (Fsp3) is 0.440. The van der Waals surface area contributed by atoms with Gasteiger partial charge in [0.1, 0.15) is 17.0 Å². The number of halogens is 1. The molecule has 182 valence electrons. The summed E-state index contributed by atoms with van der Waals surface area (Å²) >= 11 is 8.34. The molecule has 4 aromatic heterocycles. The molecule has 0 spiro atoms. The molecular formula is C25H28ClN7OS. The van der Waals surface area contributed by atoms with Crippen LogP contribution in [-0.4, -0.2) is 68.5 Å². The van der Waals surface area contributed by atoms with Gasteiger partial charge in [-0.15, -0.1) is 11.3 Å². The summed E-state index contributed by atoms with van der Waals surface area (Å²) in [6, 6.07) is 4.37. The van der Waals surface area contributed by atoms with E-state index in [1.807, 2.05) is 18.3 Å². The SMILES string of the molecule is CN(C)C1CCN(C(=O)[C@H]2CCc3c(sc4ncnc(Nc5ccn6nccc6c5Cl)c34)C2)CC1. The van der Waals surface area contributed by atoms with E-state index in [2.05, 4.69) is 44.3 Å². The minimum atomic E-state index is 0.0505. The second kappa shape index (κ2) is 9.04. The van der Waals surface area contributed by atoms with Crippen molar-refractivity contribution in [2.45, 2.75) is 38.1 Å². The number of nitrogens with one attached hydrogen (secondary N) is 1. The number of thiophene rings is 1. The van der Waals surface area contributed by atoms with Gasteiger partial charge in [-0.3, -0.25) is 4.79 Å². The Balaban J connectivity index is 1.24. The van der Waals surface area contributed by atoms with Crippen molar-refractivity contribution >= 4 is 56.1 Å². The van der Waals surface area contributed by atoms with Crippen LogP contribution in [0.4, 0.5) is 11.5 Å². The molecule has 10 heteroatoms. The maximum absolute atomic E-state index is 13.3. The number of aromatic nitrogens is 4. The largest absolute Gasteiger partial charge is 0.342 e. The van der Waals surface area contributed by atoms with Gasteiger partial charge in [-0.1, -0.05) is 11.6 Å². The number of nitrogens with zero attached hydrogens (tertiary/aromatic N) is 6. The van der Waals surface area contributed by atoms with Gasteiger partial charge in [0.25, 0.3) is 0 Å². The maximum Gasteiger partial charge on any atom is 0.226 e. The molecule has 1 amide bonds. The van der Waals surface area contributed by atoms with Crippen LogP contribution in [0.3, 0.4) is 0 Å². The fourth-order valence-corrected chi connectivity index (χ4v) is 6.99. The third kappa shape index (κ3) is 4.05. The predicted octanol–water partition coefficient (Wildman–Crippen LogP) is 4.39. The molecule has 1 saturated heterocycles. The Labute approximate surface area is 212 Å². The highest BCUT2D eigenvalue weighted by molar-refractivity contribution is 7.19. The summed E-state index contributed by atoms with van der Waals surface area (Å²) in [6.45, 7) is 1.72. The van der Waals surface area contributed by atoms with Crippen LogP contribution < -0.4 is 5.32 Å². The average molecular weight is 510 g/mol. The second-order valence-corrected chi connectivity index (χ2v) is 11.2. The fourth-order valence-electron chi connectivity index (χ4n) is 5.46. The summed E-state index contributed by atoms with van der Waals surface area (Å²) in [5, 5.41) is 9.33. The first kappa shape index (κ1) is 22.7. The van der Waals surface area contributed by atoms with Crippen LogP contribution in [0.1, 0.15) is 29.7 Å². The molecule has 0 radical (unpaired) electrons. The number of carbonyl (C=O) groups is 1. The standard InChI is InChI=1S/C25H28ClN7OS/c1-31(2)16-6-10-32(11-7-16)25(34)15-3-4-17-20(13-15)35-24-21(17)23(27-14-28-24)30-18-8-12-33-19(22(18)26)5-9-29-33/h5,8-9,12,14-16H,3-4,6-7,10-11,13H2,1-2H3,(H,27,28,30)/t15-/m0/s1. The average Bonchev–Trinajstić information content (AvgIpc) is 3.50. The first-order valence-electron chi connectivity index (χ1n) is 12.1. The van der Waals surface area contributed by atoms with Crippen molar-refractivity contribution in [2.75, 3.05) is 32.5 Å². The van der Waals surface area contributed by atoms with E-state index in [4.69, 9.17) is 11.6 Å². The lowest BCUT2D eigenvalue weighted by Gasteiger charge is -2.37. The van der Waals surface area contributed by atoms with Crippen LogP contribution >= 0.6 is 22.9 Å². The van der Waals surface area contributed by atoms with Crippen LogP contribution in [0.2, 0.25) is 5.02 Å². The van der Waals surface area contributed by atoms with Crippen LogP contribution in [0.5, 0.6) is 0 Å². The first-order chi connectivity index (χ1) is 17.0. The summed E-state index contributed by atoms with van der Waals surface area (Å²) in [6.07, 6.45) is 9.81. The number of piperidine rings is 1. The van der Waals surface area contributed by atoms with Crippen molar-refractivity contribution in [3.63, 3.8) is 0 Å². The molecule has 6 rings (SSSR count). The van der Waals surface area contributed by atoms with Crippen molar-refractivity contribution in [3.05, 3.63) is 46.3 Å². The Morgan fingerprint density at radius 1 is 1.20 bits per heavy atom. The van der Waals surface area contributed by atoms with Gasteiger partial charge in [0, 0.05) is 36.1 Å². The summed E-state index contributed by atoms with van der Waals surface area (Å²) < 4.78 is 1.75. The highest BCUT2D eigenvalue weighted by atomic mass is 35.5. The van der Waals surface area contributed by atoms with Gasteiger partial charge in [-0.05, 0) is 63.9 Å². The van der Waals surface area contributed by atoms with Gasteiger partial charge >= 0.3 is 0 Å². The smallest absolute Gasteiger partial charge is 0.226 e. The van der Waals surface area contributed by atoms with Gasteiger partial charge in [-0.2, -0.15) is 5.10 Å².